The molecule has 0 heterocycles. The largest absolute Gasteiger partial charge is 2.00 e. The van der Waals surface area contributed by atoms with Gasteiger partial charge in [-0.2, -0.15) is 0 Å². The van der Waals surface area contributed by atoms with E-state index in [2.05, 4.69) is 146 Å². The second-order valence-corrected chi connectivity index (χ2v) is 8.77. The molecule has 6 aromatic carbocycles. The van der Waals surface area contributed by atoms with Crippen LogP contribution in [-0.2, 0) is 58.4 Å². The fourth-order valence-corrected chi connectivity index (χ4v) is 3.78. The van der Waals surface area contributed by atoms with Crippen molar-refractivity contribution in [1.29, 1.82) is 0 Å². The van der Waals surface area contributed by atoms with Crippen LogP contribution in [0.25, 0.3) is 33.4 Å². The van der Waals surface area contributed by atoms with Crippen molar-refractivity contribution in [3.63, 3.8) is 0 Å². The van der Waals surface area contributed by atoms with Gasteiger partial charge in [-0.05, 0) is 33.4 Å². The second-order valence-electron chi connectivity index (χ2n) is 8.77. The molecule has 6 nitrogen and oxygen atoms in total. The molecule has 0 aliphatic rings. The Morgan fingerprint density at radius 2 is 0.298 bits per heavy atom. The molecule has 47 heavy (non-hydrogen) atoms. The van der Waals surface area contributed by atoms with Crippen molar-refractivity contribution in [3.8, 4) is 33.4 Å². The van der Waals surface area contributed by atoms with Crippen LogP contribution in [0, 0.1) is 0 Å². The Kier molecular flexibility index (Phi) is 28.7. The van der Waals surface area contributed by atoms with Crippen LogP contribution < -0.4 is 30.1 Å². The first kappa shape index (κ1) is 46.2. The van der Waals surface area contributed by atoms with E-state index in [0.717, 1.165) is 0 Å². The van der Waals surface area contributed by atoms with Gasteiger partial charge >= 0.3 is 58.4 Å². The molecule has 0 saturated carbocycles. The minimum Gasteiger partial charge on any atom is -0.907 e. The third-order valence-electron chi connectivity index (χ3n) is 5.64. The third kappa shape index (κ3) is 22.3. The molecule has 6 rings (SSSR count). The summed E-state index contributed by atoms with van der Waals surface area (Å²) in [5, 5.41) is 50.5. The van der Waals surface area contributed by atoms with Crippen LogP contribution >= 0.6 is 0 Å². The Hall–Kier alpha value is -2.92. The summed E-state index contributed by atoms with van der Waals surface area (Å²) in [4.78, 5) is 0. The fraction of sp³-hybridized carbons (Fsp3) is 0. The normalized spacial score (nSPS) is 8.55. The monoisotopic (exact) mass is 772 g/mol. The fourth-order valence-electron chi connectivity index (χ4n) is 3.78. The van der Waals surface area contributed by atoms with Gasteiger partial charge in [0.15, 0.2) is 0 Å². The third-order valence-corrected chi connectivity index (χ3v) is 5.64. The average molecular weight is 776 g/mol. The van der Waals surface area contributed by atoms with E-state index >= 15 is 0 Å². The van der Waals surface area contributed by atoms with Gasteiger partial charge in [0.1, 0.15) is 0 Å². The Morgan fingerprint density at radius 1 is 0.213 bits per heavy atom. The van der Waals surface area contributed by atoms with Crippen molar-refractivity contribution in [2.45, 2.75) is 0 Å². The van der Waals surface area contributed by atoms with Gasteiger partial charge in [-0.15, -0.1) is 0 Å². The average Bonchev–Trinajstić information content (AvgIpc) is 3.07. The Labute approximate surface area is 316 Å². The molecule has 0 aromatic heterocycles. The number of hydrogen-bond donors (Lipinski definition) is 0. The van der Waals surface area contributed by atoms with Crippen molar-refractivity contribution >= 4 is 14.6 Å². The smallest absolute Gasteiger partial charge is 0.907 e. The molecule has 0 unspecified atom stereocenters. The summed E-state index contributed by atoms with van der Waals surface area (Å²) in [7, 11) is -5.83. The Balaban J connectivity index is 0. The Morgan fingerprint density at radius 3 is 0.383 bits per heavy atom. The van der Waals surface area contributed by atoms with Crippen molar-refractivity contribution in [3.05, 3.63) is 182 Å². The molecule has 0 radical (unpaired) electrons. The van der Waals surface area contributed by atoms with Crippen LogP contribution in [0.15, 0.2) is 182 Å². The molecule has 11 heteroatoms. The molecule has 0 fully saturated rings. The van der Waals surface area contributed by atoms with E-state index in [-0.39, 0.29) is 58.4 Å². The standard InChI is InChI=1S/3C12H10.2BO3.3Zn/c3*1-3-7-11(8-4-1)12-9-5-2-6-10-12;2*2-1(3)4;;;/h3*1-10H;;;;;/q;;;2*-3;3*+2. The molecule has 0 bridgehead atoms. The molecule has 0 atom stereocenters. The van der Waals surface area contributed by atoms with E-state index in [0.29, 0.717) is 0 Å². The maximum Gasteiger partial charge on any atom is 2.00 e. The minimum atomic E-state index is -2.92. The molecule has 222 valence electrons. The van der Waals surface area contributed by atoms with Crippen molar-refractivity contribution in [2.24, 2.45) is 0 Å². The van der Waals surface area contributed by atoms with Gasteiger partial charge in [-0.1, -0.05) is 182 Å². The zero-order valence-corrected chi connectivity index (χ0v) is 34.9. The molecule has 0 N–H and O–H groups in total. The van der Waals surface area contributed by atoms with Gasteiger partial charge in [-0.25, -0.2) is 0 Å². The van der Waals surface area contributed by atoms with E-state index in [4.69, 9.17) is 30.1 Å². The molecule has 0 spiro atoms. The molecule has 0 aliphatic carbocycles. The zero-order valence-electron chi connectivity index (χ0n) is 26.0. The van der Waals surface area contributed by atoms with E-state index < -0.39 is 14.6 Å². The van der Waals surface area contributed by atoms with Crippen LogP contribution in [0.4, 0.5) is 0 Å². The number of rotatable bonds is 3. The van der Waals surface area contributed by atoms with Gasteiger partial charge in [0.05, 0.1) is 0 Å². The summed E-state index contributed by atoms with van der Waals surface area (Å²) in [6.45, 7) is 0. The first-order valence-corrected chi connectivity index (χ1v) is 13.6. The van der Waals surface area contributed by atoms with Gasteiger partial charge in [0.25, 0.3) is 0 Å². The van der Waals surface area contributed by atoms with Crippen LogP contribution in [0.3, 0.4) is 0 Å². The zero-order chi connectivity index (χ0) is 31.8. The first-order valence-electron chi connectivity index (χ1n) is 13.6. The summed E-state index contributed by atoms with van der Waals surface area (Å²) < 4.78 is 0. The van der Waals surface area contributed by atoms with Gasteiger partial charge in [0, 0.05) is 0 Å². The number of hydrogen-bond acceptors (Lipinski definition) is 6. The van der Waals surface area contributed by atoms with Gasteiger partial charge < -0.3 is 30.1 Å². The quantitative estimate of drug-likeness (QED) is 0.253. The van der Waals surface area contributed by atoms with Crippen LogP contribution in [0.2, 0.25) is 0 Å². The predicted molar refractivity (Wildman–Crippen MR) is 167 cm³/mol. The predicted octanol–water partition coefficient (Wildman–Crippen LogP) is 2.16. The Bertz CT molecular complexity index is 1210. The minimum absolute atomic E-state index is 0. The SMILES string of the molecule is [O-]B([O-])[O-].[O-]B([O-])[O-].[Zn+2].[Zn+2].[Zn+2].c1ccc(-c2ccccc2)cc1.c1ccc(-c2ccccc2)cc1.c1ccc(-c2ccccc2)cc1. The molecule has 6 aromatic rings. The number of benzene rings is 6. The van der Waals surface area contributed by atoms with Crippen LogP contribution in [-0.4, -0.2) is 14.6 Å². The summed E-state index contributed by atoms with van der Waals surface area (Å²) in [6.07, 6.45) is 0. The summed E-state index contributed by atoms with van der Waals surface area (Å²) in [5.74, 6) is 0. The summed E-state index contributed by atoms with van der Waals surface area (Å²) in [6, 6.07) is 62.3. The summed E-state index contributed by atoms with van der Waals surface area (Å²) >= 11 is 0. The van der Waals surface area contributed by atoms with Gasteiger partial charge in [0.2, 0.25) is 0 Å². The van der Waals surface area contributed by atoms with E-state index in [1.165, 1.54) is 33.4 Å². The molecule has 0 amide bonds. The van der Waals surface area contributed by atoms with Crippen LogP contribution in [0.1, 0.15) is 0 Å². The molecular formula is C36H30B2O6Zn3. The summed E-state index contributed by atoms with van der Waals surface area (Å²) in [5.41, 5.74) is 7.66. The topological polar surface area (TPSA) is 138 Å². The van der Waals surface area contributed by atoms with Crippen molar-refractivity contribution < 1.29 is 88.6 Å². The maximum atomic E-state index is 8.42. The molecular weight excluding hydrogens is 746 g/mol. The molecule has 0 saturated heterocycles. The maximum absolute atomic E-state index is 8.42. The van der Waals surface area contributed by atoms with Crippen molar-refractivity contribution in [1.82, 2.24) is 0 Å². The van der Waals surface area contributed by atoms with E-state index in [1.807, 2.05) is 36.4 Å². The van der Waals surface area contributed by atoms with E-state index in [9.17, 15) is 0 Å². The second kappa shape index (κ2) is 29.2. The molecule has 0 aliphatic heterocycles. The van der Waals surface area contributed by atoms with E-state index in [1.54, 1.807) is 0 Å². The van der Waals surface area contributed by atoms with Gasteiger partial charge in [-0.3, -0.25) is 14.6 Å². The van der Waals surface area contributed by atoms with Crippen molar-refractivity contribution in [2.75, 3.05) is 0 Å². The van der Waals surface area contributed by atoms with Crippen LogP contribution in [0.5, 0.6) is 0 Å². The first-order chi connectivity index (χ1) is 21.4.